The lowest BCUT2D eigenvalue weighted by atomic mass is 10.1. The SMILES string of the molecule is COc1cccc(NC(=O)NCCc2ccc(-c3cnn(C)c3)cc2)c1OC. The molecule has 2 amide bonds. The summed E-state index contributed by atoms with van der Waals surface area (Å²) < 4.78 is 12.3. The van der Waals surface area contributed by atoms with Crippen molar-refractivity contribution in [2.75, 3.05) is 26.1 Å². The summed E-state index contributed by atoms with van der Waals surface area (Å²) in [5.74, 6) is 1.06. The van der Waals surface area contributed by atoms with E-state index >= 15 is 0 Å². The Kier molecular flexibility index (Phi) is 6.16. The van der Waals surface area contributed by atoms with Gasteiger partial charge in [0.1, 0.15) is 0 Å². The van der Waals surface area contributed by atoms with E-state index in [0.29, 0.717) is 23.7 Å². The first kappa shape index (κ1) is 19.3. The molecule has 3 aromatic rings. The number of hydrogen-bond acceptors (Lipinski definition) is 4. The van der Waals surface area contributed by atoms with Crippen LogP contribution < -0.4 is 20.1 Å². The van der Waals surface area contributed by atoms with Crippen molar-refractivity contribution in [3.8, 4) is 22.6 Å². The number of aromatic nitrogens is 2. The highest BCUT2D eigenvalue weighted by atomic mass is 16.5. The van der Waals surface area contributed by atoms with Gasteiger partial charge in [0.15, 0.2) is 11.5 Å². The molecule has 1 aromatic heterocycles. The third-order valence-corrected chi connectivity index (χ3v) is 4.34. The number of carbonyl (C=O) groups excluding carboxylic acids is 1. The number of amides is 2. The maximum Gasteiger partial charge on any atom is 0.319 e. The summed E-state index contributed by atoms with van der Waals surface area (Å²) >= 11 is 0. The normalized spacial score (nSPS) is 10.4. The molecule has 146 valence electrons. The molecule has 2 aromatic carbocycles. The van der Waals surface area contributed by atoms with Gasteiger partial charge >= 0.3 is 6.03 Å². The summed E-state index contributed by atoms with van der Waals surface area (Å²) in [5.41, 5.74) is 3.90. The van der Waals surface area contributed by atoms with Crippen molar-refractivity contribution in [2.45, 2.75) is 6.42 Å². The highest BCUT2D eigenvalue weighted by Gasteiger charge is 2.11. The Morgan fingerprint density at radius 3 is 2.50 bits per heavy atom. The lowest BCUT2D eigenvalue weighted by Gasteiger charge is -2.14. The van der Waals surface area contributed by atoms with Crippen molar-refractivity contribution in [2.24, 2.45) is 7.05 Å². The molecule has 7 nitrogen and oxygen atoms in total. The molecule has 0 fully saturated rings. The predicted molar refractivity (Wildman–Crippen MR) is 109 cm³/mol. The minimum Gasteiger partial charge on any atom is -0.493 e. The molecule has 3 rings (SSSR count). The van der Waals surface area contributed by atoms with Crippen LogP contribution in [0.5, 0.6) is 11.5 Å². The molecule has 0 aliphatic heterocycles. The fraction of sp³-hybridized carbons (Fsp3) is 0.238. The van der Waals surface area contributed by atoms with Crippen LogP contribution in [0.2, 0.25) is 0 Å². The zero-order chi connectivity index (χ0) is 19.9. The van der Waals surface area contributed by atoms with Gasteiger partial charge in [-0.3, -0.25) is 4.68 Å². The third-order valence-electron chi connectivity index (χ3n) is 4.34. The number of para-hydroxylation sites is 1. The van der Waals surface area contributed by atoms with Crippen LogP contribution in [0.4, 0.5) is 10.5 Å². The lowest BCUT2D eigenvalue weighted by Crippen LogP contribution is -2.30. The van der Waals surface area contributed by atoms with Crippen LogP contribution >= 0.6 is 0 Å². The second kappa shape index (κ2) is 8.94. The zero-order valence-electron chi connectivity index (χ0n) is 16.2. The number of aryl methyl sites for hydroxylation is 1. The van der Waals surface area contributed by atoms with Crippen LogP contribution in [0, 0.1) is 0 Å². The lowest BCUT2D eigenvalue weighted by molar-refractivity contribution is 0.252. The van der Waals surface area contributed by atoms with E-state index in [9.17, 15) is 4.79 Å². The summed E-state index contributed by atoms with van der Waals surface area (Å²) in [5, 5.41) is 9.84. The number of anilines is 1. The van der Waals surface area contributed by atoms with Gasteiger partial charge in [-0.1, -0.05) is 30.3 Å². The van der Waals surface area contributed by atoms with Crippen LogP contribution in [0.25, 0.3) is 11.1 Å². The van der Waals surface area contributed by atoms with E-state index in [4.69, 9.17) is 9.47 Å². The Bertz CT molecular complexity index is 935. The number of rotatable bonds is 7. The van der Waals surface area contributed by atoms with E-state index in [2.05, 4.69) is 40.0 Å². The van der Waals surface area contributed by atoms with Gasteiger partial charge in [-0.2, -0.15) is 5.10 Å². The molecular formula is C21H24N4O3. The van der Waals surface area contributed by atoms with Crippen molar-refractivity contribution in [3.63, 3.8) is 0 Å². The van der Waals surface area contributed by atoms with Crippen molar-refractivity contribution >= 4 is 11.7 Å². The Labute approximate surface area is 164 Å². The fourth-order valence-electron chi connectivity index (χ4n) is 2.91. The summed E-state index contributed by atoms with van der Waals surface area (Å²) in [7, 11) is 4.99. The minimum atomic E-state index is -0.293. The first-order valence-corrected chi connectivity index (χ1v) is 8.94. The topological polar surface area (TPSA) is 77.4 Å². The predicted octanol–water partition coefficient (Wildman–Crippen LogP) is 3.47. The third kappa shape index (κ3) is 4.62. The van der Waals surface area contributed by atoms with Gasteiger partial charge in [-0.05, 0) is 29.7 Å². The molecule has 28 heavy (non-hydrogen) atoms. The second-order valence-electron chi connectivity index (χ2n) is 6.27. The quantitative estimate of drug-likeness (QED) is 0.658. The summed E-state index contributed by atoms with van der Waals surface area (Å²) in [6.07, 6.45) is 4.55. The number of hydrogen-bond donors (Lipinski definition) is 2. The summed E-state index contributed by atoms with van der Waals surface area (Å²) in [4.78, 5) is 12.2. The molecule has 0 aliphatic rings. The monoisotopic (exact) mass is 380 g/mol. The Balaban J connectivity index is 1.52. The number of methoxy groups -OCH3 is 2. The molecule has 0 atom stereocenters. The molecular weight excluding hydrogens is 356 g/mol. The molecule has 1 heterocycles. The van der Waals surface area contributed by atoms with Gasteiger partial charge in [-0.25, -0.2) is 4.79 Å². The van der Waals surface area contributed by atoms with Crippen LogP contribution in [0.1, 0.15) is 5.56 Å². The highest BCUT2D eigenvalue weighted by Crippen LogP contribution is 2.34. The van der Waals surface area contributed by atoms with Gasteiger partial charge in [0.25, 0.3) is 0 Å². The zero-order valence-corrected chi connectivity index (χ0v) is 16.2. The minimum absolute atomic E-state index is 0.293. The van der Waals surface area contributed by atoms with Gasteiger partial charge in [0.05, 0.1) is 26.1 Å². The average molecular weight is 380 g/mol. The van der Waals surface area contributed by atoms with Gasteiger partial charge in [-0.15, -0.1) is 0 Å². The first-order chi connectivity index (χ1) is 13.6. The van der Waals surface area contributed by atoms with Crippen molar-refractivity contribution in [3.05, 3.63) is 60.4 Å². The number of urea groups is 1. The van der Waals surface area contributed by atoms with Crippen LogP contribution in [0.15, 0.2) is 54.9 Å². The molecule has 0 bridgehead atoms. The van der Waals surface area contributed by atoms with E-state index in [-0.39, 0.29) is 6.03 Å². The number of ether oxygens (including phenoxy) is 2. The summed E-state index contributed by atoms with van der Waals surface area (Å²) in [6, 6.07) is 13.3. The first-order valence-electron chi connectivity index (χ1n) is 8.94. The number of nitrogens with zero attached hydrogens (tertiary/aromatic N) is 2. The molecule has 2 N–H and O–H groups in total. The fourth-order valence-corrected chi connectivity index (χ4v) is 2.91. The van der Waals surface area contributed by atoms with E-state index in [1.54, 1.807) is 30.0 Å². The number of nitrogens with one attached hydrogen (secondary N) is 2. The van der Waals surface area contributed by atoms with Crippen LogP contribution in [-0.2, 0) is 13.5 Å². The van der Waals surface area contributed by atoms with E-state index < -0.39 is 0 Å². The molecule has 0 saturated heterocycles. The van der Waals surface area contributed by atoms with Gasteiger partial charge in [0, 0.05) is 25.4 Å². The smallest absolute Gasteiger partial charge is 0.319 e. The number of carbonyl (C=O) groups is 1. The van der Waals surface area contributed by atoms with Crippen molar-refractivity contribution in [1.29, 1.82) is 0 Å². The number of benzene rings is 2. The van der Waals surface area contributed by atoms with E-state index in [1.165, 1.54) is 7.11 Å². The average Bonchev–Trinajstić information content (AvgIpc) is 3.14. The van der Waals surface area contributed by atoms with Crippen molar-refractivity contribution in [1.82, 2.24) is 15.1 Å². The molecule has 0 spiro atoms. The standard InChI is InChI=1S/C21H24N4O3/c1-25-14-17(13-23-25)16-9-7-15(8-10-16)11-12-22-21(26)24-18-5-4-6-19(27-2)20(18)28-3/h4-10,13-14H,11-12H2,1-3H3,(H2,22,24,26). The maximum atomic E-state index is 12.2. The molecule has 0 radical (unpaired) electrons. The highest BCUT2D eigenvalue weighted by molar-refractivity contribution is 5.91. The largest absolute Gasteiger partial charge is 0.493 e. The Hall–Kier alpha value is -3.48. The van der Waals surface area contributed by atoms with Crippen molar-refractivity contribution < 1.29 is 14.3 Å². The van der Waals surface area contributed by atoms with Crippen LogP contribution in [0.3, 0.4) is 0 Å². The van der Waals surface area contributed by atoms with Gasteiger partial charge < -0.3 is 20.1 Å². The molecule has 0 unspecified atom stereocenters. The molecule has 0 aliphatic carbocycles. The maximum absolute atomic E-state index is 12.2. The molecule has 7 heteroatoms. The summed E-state index contributed by atoms with van der Waals surface area (Å²) in [6.45, 7) is 0.518. The van der Waals surface area contributed by atoms with E-state index in [0.717, 1.165) is 23.1 Å². The van der Waals surface area contributed by atoms with Gasteiger partial charge in [0.2, 0.25) is 0 Å². The molecule has 0 saturated carbocycles. The Morgan fingerprint density at radius 1 is 1.07 bits per heavy atom. The van der Waals surface area contributed by atoms with Crippen LogP contribution in [-0.4, -0.2) is 36.6 Å². The Morgan fingerprint density at radius 2 is 1.86 bits per heavy atom. The second-order valence-corrected chi connectivity index (χ2v) is 6.27. The van der Waals surface area contributed by atoms with E-state index in [1.807, 2.05) is 19.4 Å².